The maximum absolute atomic E-state index is 11.1. The van der Waals surface area contributed by atoms with Crippen LogP contribution in [0.1, 0.15) is 34.1 Å². The van der Waals surface area contributed by atoms with Crippen molar-refractivity contribution in [2.24, 2.45) is 0 Å². The summed E-state index contributed by atoms with van der Waals surface area (Å²) in [4.78, 5) is 11.1. The van der Waals surface area contributed by atoms with E-state index in [4.69, 9.17) is 14.2 Å². The second-order valence-electron chi connectivity index (χ2n) is 4.57. The summed E-state index contributed by atoms with van der Waals surface area (Å²) in [5.74, 6) is 0.0451. The van der Waals surface area contributed by atoms with E-state index in [0.717, 1.165) is 0 Å². The molecule has 0 saturated carbocycles. The highest BCUT2D eigenvalue weighted by molar-refractivity contribution is 5.75. The molecule has 0 rings (SSSR count). The summed E-state index contributed by atoms with van der Waals surface area (Å²) < 4.78 is 16.1. The third-order valence-electron chi connectivity index (χ3n) is 2.38. The summed E-state index contributed by atoms with van der Waals surface area (Å²) in [5, 5.41) is 2.85. The van der Waals surface area contributed by atoms with Gasteiger partial charge in [0.25, 0.3) is 0 Å². The Morgan fingerprint density at radius 3 is 2.17 bits per heavy atom. The number of hydrogen-bond donors (Lipinski definition) is 1. The van der Waals surface area contributed by atoms with Gasteiger partial charge in [0.1, 0.15) is 0 Å². The summed E-state index contributed by atoms with van der Waals surface area (Å²) in [7, 11) is 1.65. The quantitative estimate of drug-likeness (QED) is 0.645. The number of nitrogens with one attached hydrogen (secondary N) is 1. The molecule has 0 radical (unpaired) electrons. The van der Waals surface area contributed by atoms with E-state index in [9.17, 15) is 4.79 Å². The molecule has 18 heavy (non-hydrogen) atoms. The minimum absolute atomic E-state index is 0.00489. The predicted octanol–water partition coefficient (Wildman–Crippen LogP) is 1.36. The van der Waals surface area contributed by atoms with Crippen molar-refractivity contribution in [1.29, 1.82) is 0 Å². The molecule has 0 aliphatic heterocycles. The highest BCUT2D eigenvalue weighted by atomic mass is 16.6. The Kier molecular flexibility index (Phi) is 9.92. The van der Waals surface area contributed by atoms with Gasteiger partial charge < -0.3 is 19.5 Å². The van der Waals surface area contributed by atoms with Crippen LogP contribution in [0.25, 0.3) is 0 Å². The van der Waals surface area contributed by atoms with Gasteiger partial charge >= 0.3 is 0 Å². The van der Waals surface area contributed by atoms with Crippen LogP contribution in [0.5, 0.6) is 0 Å². The molecule has 3 atom stereocenters. The third-order valence-corrected chi connectivity index (χ3v) is 2.38. The van der Waals surface area contributed by atoms with Gasteiger partial charge in [-0.2, -0.15) is 0 Å². The van der Waals surface area contributed by atoms with E-state index < -0.39 is 0 Å². The first-order valence-corrected chi connectivity index (χ1v) is 6.51. The van der Waals surface area contributed by atoms with Gasteiger partial charge in [0.05, 0.1) is 32.0 Å². The van der Waals surface area contributed by atoms with Crippen molar-refractivity contribution in [3.8, 4) is 0 Å². The summed E-state index contributed by atoms with van der Waals surface area (Å²) >= 11 is 0. The van der Waals surface area contributed by atoms with Crippen molar-refractivity contribution in [2.75, 3.05) is 26.9 Å². The minimum Gasteiger partial charge on any atom is -0.382 e. The number of hydrogen-bond acceptors (Lipinski definition) is 4. The fourth-order valence-electron chi connectivity index (χ4n) is 1.36. The van der Waals surface area contributed by atoms with E-state index in [1.54, 1.807) is 7.11 Å². The molecule has 0 bridgehead atoms. The highest BCUT2D eigenvalue weighted by Crippen LogP contribution is 1.98. The smallest absolute Gasteiger partial charge is 0.220 e. The fraction of sp³-hybridized carbons (Fsp3) is 0.923. The summed E-state index contributed by atoms with van der Waals surface area (Å²) in [5.41, 5.74) is 0. The molecule has 0 spiro atoms. The summed E-state index contributed by atoms with van der Waals surface area (Å²) in [6.45, 7) is 9.27. The van der Waals surface area contributed by atoms with E-state index in [1.165, 1.54) is 0 Å². The van der Waals surface area contributed by atoms with Gasteiger partial charge in [-0.25, -0.2) is 0 Å². The van der Waals surface area contributed by atoms with Crippen LogP contribution in [0, 0.1) is 0 Å². The van der Waals surface area contributed by atoms with Gasteiger partial charge in [0, 0.05) is 19.6 Å². The third kappa shape index (κ3) is 9.39. The first-order chi connectivity index (χ1) is 8.49. The van der Waals surface area contributed by atoms with Gasteiger partial charge in [0.15, 0.2) is 0 Å². The number of amides is 1. The van der Waals surface area contributed by atoms with Crippen LogP contribution in [0.3, 0.4) is 0 Å². The van der Waals surface area contributed by atoms with Crippen molar-refractivity contribution in [2.45, 2.75) is 52.4 Å². The van der Waals surface area contributed by atoms with Gasteiger partial charge in [-0.1, -0.05) is 6.92 Å². The Labute approximate surface area is 110 Å². The predicted molar refractivity (Wildman–Crippen MR) is 70.6 cm³/mol. The number of carbonyl (C=O) groups is 1. The zero-order valence-corrected chi connectivity index (χ0v) is 12.2. The van der Waals surface area contributed by atoms with Crippen molar-refractivity contribution < 1.29 is 19.0 Å². The molecule has 1 amide bonds. The standard InChI is InChI=1S/C13H27NO4/c1-6-13(15)14-10(2)7-17-12(4)9-18-11(3)8-16-5/h10-12H,6-9H2,1-5H3,(H,14,15). The Hall–Kier alpha value is -0.650. The lowest BCUT2D eigenvalue weighted by Gasteiger charge is -2.20. The molecule has 5 nitrogen and oxygen atoms in total. The summed E-state index contributed by atoms with van der Waals surface area (Å²) in [6.07, 6.45) is 0.570. The Balaban J connectivity index is 3.63. The number of ether oxygens (including phenoxy) is 3. The van der Waals surface area contributed by atoms with Crippen LogP contribution >= 0.6 is 0 Å². The van der Waals surface area contributed by atoms with Crippen molar-refractivity contribution in [3.63, 3.8) is 0 Å². The topological polar surface area (TPSA) is 56.8 Å². The van der Waals surface area contributed by atoms with Crippen LogP contribution in [0.15, 0.2) is 0 Å². The maximum Gasteiger partial charge on any atom is 0.220 e. The lowest BCUT2D eigenvalue weighted by molar-refractivity contribution is -0.122. The van der Waals surface area contributed by atoms with Crippen LogP contribution < -0.4 is 5.32 Å². The van der Waals surface area contributed by atoms with Crippen molar-refractivity contribution >= 4 is 5.91 Å². The van der Waals surface area contributed by atoms with E-state index in [0.29, 0.717) is 26.2 Å². The van der Waals surface area contributed by atoms with E-state index >= 15 is 0 Å². The molecule has 0 heterocycles. The zero-order valence-electron chi connectivity index (χ0n) is 12.2. The number of methoxy groups -OCH3 is 1. The lowest BCUT2D eigenvalue weighted by atomic mass is 10.3. The Bertz CT molecular complexity index is 223. The van der Waals surface area contributed by atoms with Gasteiger partial charge in [-0.05, 0) is 20.8 Å². The van der Waals surface area contributed by atoms with Crippen LogP contribution in [-0.4, -0.2) is 51.1 Å². The monoisotopic (exact) mass is 261 g/mol. The molecular formula is C13H27NO4. The number of carbonyl (C=O) groups excluding carboxylic acids is 1. The molecule has 3 unspecified atom stereocenters. The molecule has 0 aromatic carbocycles. The van der Waals surface area contributed by atoms with Crippen molar-refractivity contribution in [1.82, 2.24) is 5.32 Å². The first-order valence-electron chi connectivity index (χ1n) is 6.51. The largest absolute Gasteiger partial charge is 0.382 e. The van der Waals surface area contributed by atoms with E-state index in [-0.39, 0.29) is 24.2 Å². The molecule has 0 aromatic heterocycles. The molecule has 0 fully saturated rings. The van der Waals surface area contributed by atoms with Crippen LogP contribution in [-0.2, 0) is 19.0 Å². The molecule has 0 aliphatic rings. The average molecular weight is 261 g/mol. The average Bonchev–Trinajstić information content (AvgIpc) is 2.34. The Morgan fingerprint density at radius 1 is 1.06 bits per heavy atom. The molecule has 0 aromatic rings. The molecule has 0 aliphatic carbocycles. The molecule has 5 heteroatoms. The highest BCUT2D eigenvalue weighted by Gasteiger charge is 2.10. The van der Waals surface area contributed by atoms with Crippen molar-refractivity contribution in [3.05, 3.63) is 0 Å². The molecular weight excluding hydrogens is 234 g/mol. The van der Waals surface area contributed by atoms with Gasteiger partial charge in [-0.15, -0.1) is 0 Å². The summed E-state index contributed by atoms with van der Waals surface area (Å²) in [6, 6.07) is 0.0244. The van der Waals surface area contributed by atoms with E-state index in [1.807, 2.05) is 27.7 Å². The van der Waals surface area contributed by atoms with Gasteiger partial charge in [0.2, 0.25) is 5.91 Å². The van der Waals surface area contributed by atoms with Crippen LogP contribution in [0.2, 0.25) is 0 Å². The van der Waals surface area contributed by atoms with E-state index in [2.05, 4.69) is 5.32 Å². The molecule has 0 saturated heterocycles. The second-order valence-corrected chi connectivity index (χ2v) is 4.57. The van der Waals surface area contributed by atoms with Crippen LogP contribution in [0.4, 0.5) is 0 Å². The fourth-order valence-corrected chi connectivity index (χ4v) is 1.36. The maximum atomic E-state index is 11.1. The first kappa shape index (κ1) is 17.4. The SMILES string of the molecule is CCC(=O)NC(C)COC(C)COC(C)COC. The lowest BCUT2D eigenvalue weighted by Crippen LogP contribution is -2.37. The molecule has 1 N–H and O–H groups in total. The Morgan fingerprint density at radius 2 is 1.61 bits per heavy atom. The normalized spacial score (nSPS) is 16.1. The molecule has 108 valence electrons. The minimum atomic E-state index is 0.00489. The second kappa shape index (κ2) is 10.3. The van der Waals surface area contributed by atoms with Gasteiger partial charge in [-0.3, -0.25) is 4.79 Å². The zero-order chi connectivity index (χ0) is 14.0. The number of rotatable bonds is 10.